The SMILES string of the molecule is OC[C@H]1CNCCO[C@@H]1c1ccc(Cl)c(F)c1. The van der Waals surface area contributed by atoms with Crippen LogP contribution in [0.5, 0.6) is 0 Å². The molecule has 0 amide bonds. The van der Waals surface area contributed by atoms with Crippen molar-refractivity contribution in [2.75, 3.05) is 26.3 Å². The lowest BCUT2D eigenvalue weighted by Crippen LogP contribution is -2.27. The van der Waals surface area contributed by atoms with E-state index in [1.807, 2.05) is 0 Å². The van der Waals surface area contributed by atoms with E-state index in [9.17, 15) is 9.50 Å². The van der Waals surface area contributed by atoms with E-state index in [0.717, 1.165) is 12.1 Å². The highest BCUT2D eigenvalue weighted by Crippen LogP contribution is 2.29. The van der Waals surface area contributed by atoms with Gasteiger partial charge in [0.25, 0.3) is 0 Å². The summed E-state index contributed by atoms with van der Waals surface area (Å²) in [6, 6.07) is 4.63. The third-order valence-electron chi connectivity index (χ3n) is 2.92. The number of hydrogen-bond donors (Lipinski definition) is 2. The Bertz CT molecular complexity index is 389. The first-order chi connectivity index (χ1) is 8.22. The Morgan fingerprint density at radius 2 is 2.35 bits per heavy atom. The van der Waals surface area contributed by atoms with Gasteiger partial charge in [-0.3, -0.25) is 0 Å². The van der Waals surface area contributed by atoms with E-state index < -0.39 is 5.82 Å². The average molecular weight is 260 g/mol. The van der Waals surface area contributed by atoms with Crippen LogP contribution in [0.2, 0.25) is 5.02 Å². The van der Waals surface area contributed by atoms with E-state index >= 15 is 0 Å². The molecule has 2 rings (SSSR count). The van der Waals surface area contributed by atoms with Gasteiger partial charge in [0.1, 0.15) is 5.82 Å². The highest BCUT2D eigenvalue weighted by atomic mass is 35.5. The van der Waals surface area contributed by atoms with Crippen molar-refractivity contribution < 1.29 is 14.2 Å². The molecule has 5 heteroatoms. The Kier molecular flexibility index (Phi) is 4.34. The number of aliphatic hydroxyl groups excluding tert-OH is 1. The van der Waals surface area contributed by atoms with Crippen molar-refractivity contribution in [2.45, 2.75) is 6.10 Å². The summed E-state index contributed by atoms with van der Waals surface area (Å²) in [4.78, 5) is 0. The normalized spacial score (nSPS) is 25.6. The van der Waals surface area contributed by atoms with Crippen LogP contribution in [0.15, 0.2) is 18.2 Å². The zero-order chi connectivity index (χ0) is 12.3. The van der Waals surface area contributed by atoms with Gasteiger partial charge >= 0.3 is 0 Å². The second kappa shape index (κ2) is 5.78. The van der Waals surface area contributed by atoms with Crippen LogP contribution in [-0.2, 0) is 4.74 Å². The molecule has 1 heterocycles. The van der Waals surface area contributed by atoms with Gasteiger partial charge in [-0.15, -0.1) is 0 Å². The molecular weight excluding hydrogens is 245 g/mol. The average Bonchev–Trinajstić information content (AvgIpc) is 2.57. The van der Waals surface area contributed by atoms with Gasteiger partial charge in [-0.25, -0.2) is 4.39 Å². The van der Waals surface area contributed by atoms with Gasteiger partial charge in [-0.1, -0.05) is 17.7 Å². The summed E-state index contributed by atoms with van der Waals surface area (Å²) < 4.78 is 19.1. The maximum absolute atomic E-state index is 13.4. The largest absolute Gasteiger partial charge is 0.396 e. The topological polar surface area (TPSA) is 41.5 Å². The minimum atomic E-state index is -0.457. The Morgan fingerprint density at radius 1 is 1.53 bits per heavy atom. The molecule has 0 aromatic heterocycles. The van der Waals surface area contributed by atoms with Crippen molar-refractivity contribution in [3.8, 4) is 0 Å². The summed E-state index contributed by atoms with van der Waals surface area (Å²) in [5.41, 5.74) is 0.717. The Hall–Kier alpha value is -0.680. The molecule has 0 spiro atoms. The summed E-state index contributed by atoms with van der Waals surface area (Å²) in [6.45, 7) is 1.95. The lowest BCUT2D eigenvalue weighted by atomic mass is 9.96. The summed E-state index contributed by atoms with van der Waals surface area (Å²) in [7, 11) is 0. The van der Waals surface area contributed by atoms with Crippen LogP contribution >= 0.6 is 11.6 Å². The number of ether oxygens (including phenoxy) is 1. The molecule has 0 radical (unpaired) electrons. The molecule has 2 N–H and O–H groups in total. The van der Waals surface area contributed by atoms with Crippen LogP contribution < -0.4 is 5.32 Å². The minimum Gasteiger partial charge on any atom is -0.396 e. The monoisotopic (exact) mass is 259 g/mol. The fourth-order valence-corrected chi connectivity index (χ4v) is 2.12. The number of hydrogen-bond acceptors (Lipinski definition) is 3. The van der Waals surface area contributed by atoms with Gasteiger partial charge in [0.05, 0.1) is 17.7 Å². The van der Waals surface area contributed by atoms with Crippen molar-refractivity contribution in [1.29, 1.82) is 0 Å². The van der Waals surface area contributed by atoms with Gasteiger partial charge in [0, 0.05) is 25.6 Å². The smallest absolute Gasteiger partial charge is 0.142 e. The van der Waals surface area contributed by atoms with E-state index in [0.29, 0.717) is 13.2 Å². The fraction of sp³-hybridized carbons (Fsp3) is 0.500. The lowest BCUT2D eigenvalue weighted by molar-refractivity contribution is 0.0113. The molecule has 17 heavy (non-hydrogen) atoms. The van der Waals surface area contributed by atoms with E-state index in [1.165, 1.54) is 12.1 Å². The number of benzene rings is 1. The summed E-state index contributed by atoms with van der Waals surface area (Å²) in [5, 5.41) is 12.6. The maximum atomic E-state index is 13.4. The third kappa shape index (κ3) is 2.96. The summed E-state index contributed by atoms with van der Waals surface area (Å²) in [5.74, 6) is -0.528. The van der Waals surface area contributed by atoms with E-state index in [1.54, 1.807) is 6.07 Å². The van der Waals surface area contributed by atoms with Gasteiger partial charge < -0.3 is 15.2 Å². The number of aliphatic hydroxyl groups is 1. The van der Waals surface area contributed by atoms with Crippen molar-refractivity contribution in [3.05, 3.63) is 34.6 Å². The molecule has 1 saturated heterocycles. The Balaban J connectivity index is 2.25. The molecule has 0 aliphatic carbocycles. The maximum Gasteiger partial charge on any atom is 0.142 e. The molecular formula is C12H15ClFNO2. The van der Waals surface area contributed by atoms with E-state index in [2.05, 4.69) is 5.32 Å². The highest BCUT2D eigenvalue weighted by Gasteiger charge is 2.26. The van der Waals surface area contributed by atoms with Crippen molar-refractivity contribution in [3.63, 3.8) is 0 Å². The van der Waals surface area contributed by atoms with E-state index in [-0.39, 0.29) is 23.7 Å². The van der Waals surface area contributed by atoms with Crippen molar-refractivity contribution in [2.24, 2.45) is 5.92 Å². The minimum absolute atomic E-state index is 0.00190. The molecule has 1 aromatic rings. The highest BCUT2D eigenvalue weighted by molar-refractivity contribution is 6.30. The first kappa shape index (κ1) is 12.8. The standard InChI is InChI=1S/C12H15ClFNO2/c13-10-2-1-8(5-11(10)14)12-9(7-16)6-15-3-4-17-12/h1-2,5,9,12,15-16H,3-4,6-7H2/t9-,12-/m1/s1. The van der Waals surface area contributed by atoms with Crippen LogP contribution in [0.3, 0.4) is 0 Å². The number of nitrogens with one attached hydrogen (secondary N) is 1. The lowest BCUT2D eigenvalue weighted by Gasteiger charge is -2.23. The summed E-state index contributed by atoms with van der Waals surface area (Å²) in [6.07, 6.45) is -0.290. The molecule has 0 bridgehead atoms. The van der Waals surface area contributed by atoms with Crippen LogP contribution in [0, 0.1) is 11.7 Å². The molecule has 0 unspecified atom stereocenters. The van der Waals surface area contributed by atoms with Gasteiger partial charge in [0.2, 0.25) is 0 Å². The molecule has 1 aliphatic rings. The molecule has 3 nitrogen and oxygen atoms in total. The van der Waals surface area contributed by atoms with Crippen LogP contribution in [-0.4, -0.2) is 31.4 Å². The molecule has 94 valence electrons. The van der Waals surface area contributed by atoms with Crippen LogP contribution in [0.1, 0.15) is 11.7 Å². The second-order valence-corrected chi connectivity index (χ2v) is 4.52. The Morgan fingerprint density at radius 3 is 3.06 bits per heavy atom. The zero-order valence-corrected chi connectivity index (χ0v) is 10.1. The first-order valence-electron chi connectivity index (χ1n) is 5.60. The van der Waals surface area contributed by atoms with Crippen LogP contribution in [0.25, 0.3) is 0 Å². The number of halogens is 2. The van der Waals surface area contributed by atoms with E-state index in [4.69, 9.17) is 16.3 Å². The molecule has 1 aliphatic heterocycles. The second-order valence-electron chi connectivity index (χ2n) is 4.11. The van der Waals surface area contributed by atoms with Gasteiger partial charge in [-0.05, 0) is 17.7 Å². The molecule has 0 saturated carbocycles. The first-order valence-corrected chi connectivity index (χ1v) is 5.98. The summed E-state index contributed by atoms with van der Waals surface area (Å²) >= 11 is 5.64. The van der Waals surface area contributed by atoms with Crippen LogP contribution in [0.4, 0.5) is 4.39 Å². The van der Waals surface area contributed by atoms with Crippen molar-refractivity contribution >= 4 is 11.6 Å². The molecule has 2 atom stereocenters. The predicted octanol–water partition coefficient (Wildman–Crippen LogP) is 1.75. The fourth-order valence-electron chi connectivity index (χ4n) is 2.01. The Labute approximate surface area is 105 Å². The third-order valence-corrected chi connectivity index (χ3v) is 3.22. The quantitative estimate of drug-likeness (QED) is 0.850. The van der Waals surface area contributed by atoms with Crippen molar-refractivity contribution in [1.82, 2.24) is 5.32 Å². The number of rotatable bonds is 2. The molecule has 1 fully saturated rings. The predicted molar refractivity (Wildman–Crippen MR) is 63.5 cm³/mol. The van der Waals surface area contributed by atoms with Gasteiger partial charge in [0.15, 0.2) is 0 Å². The zero-order valence-electron chi connectivity index (χ0n) is 9.33. The molecule has 1 aromatic carbocycles. The van der Waals surface area contributed by atoms with Gasteiger partial charge in [-0.2, -0.15) is 0 Å².